The fraction of sp³-hybridized carbons (Fsp3) is 0.467. The van der Waals surface area contributed by atoms with Crippen LogP contribution in [0.25, 0.3) is 0 Å². The van der Waals surface area contributed by atoms with Gasteiger partial charge in [-0.25, -0.2) is 4.79 Å². The van der Waals surface area contributed by atoms with Gasteiger partial charge in [0.25, 0.3) is 0 Å². The summed E-state index contributed by atoms with van der Waals surface area (Å²) >= 11 is 0. The smallest absolute Gasteiger partial charge is 0.412 e. The van der Waals surface area contributed by atoms with Crippen LogP contribution in [0.4, 0.5) is 10.5 Å². The molecular weight excluding hydrogens is 272 g/mol. The van der Waals surface area contributed by atoms with E-state index >= 15 is 0 Å². The number of aliphatic hydroxyl groups is 1. The number of carbonyl (C=O) groups excluding carboxylic acids is 2. The highest BCUT2D eigenvalue weighted by Crippen LogP contribution is 2.36. The van der Waals surface area contributed by atoms with E-state index in [4.69, 9.17) is 4.74 Å². The number of hydrogen-bond donors (Lipinski definition) is 2. The number of hydrogen-bond acceptors (Lipinski definition) is 4. The third-order valence-corrected chi connectivity index (χ3v) is 3.85. The Labute approximate surface area is 123 Å². The van der Waals surface area contributed by atoms with Crippen LogP contribution in [0.5, 0.6) is 0 Å². The van der Waals surface area contributed by atoms with E-state index in [9.17, 15) is 14.7 Å². The van der Waals surface area contributed by atoms with Gasteiger partial charge < -0.3 is 15.2 Å². The van der Waals surface area contributed by atoms with Gasteiger partial charge in [-0.3, -0.25) is 9.69 Å². The molecule has 2 rings (SSSR count). The predicted octanol–water partition coefficient (Wildman–Crippen LogP) is 1.95. The molecule has 21 heavy (non-hydrogen) atoms. The van der Waals surface area contributed by atoms with Crippen LogP contribution in [0.1, 0.15) is 27.2 Å². The molecule has 6 heteroatoms. The Morgan fingerprint density at radius 1 is 1.29 bits per heavy atom. The normalized spacial score (nSPS) is 23.8. The number of carbonyl (C=O) groups is 2. The molecule has 1 saturated heterocycles. The first kappa shape index (κ1) is 15.3. The summed E-state index contributed by atoms with van der Waals surface area (Å²) in [5.41, 5.74) is -1.77. The molecule has 0 spiro atoms. The van der Waals surface area contributed by atoms with Gasteiger partial charge in [0.2, 0.25) is 5.91 Å². The fourth-order valence-electron chi connectivity index (χ4n) is 2.14. The number of nitrogens with zero attached hydrogens (tertiary/aromatic N) is 1. The van der Waals surface area contributed by atoms with Gasteiger partial charge in [0.05, 0.1) is 0 Å². The van der Waals surface area contributed by atoms with Crippen molar-refractivity contribution in [2.24, 2.45) is 0 Å². The van der Waals surface area contributed by atoms with Gasteiger partial charge in [-0.15, -0.1) is 0 Å². The summed E-state index contributed by atoms with van der Waals surface area (Å²) in [6.07, 6.45) is -0.534. The van der Waals surface area contributed by atoms with E-state index in [0.29, 0.717) is 5.69 Å². The average molecular weight is 292 g/mol. The van der Waals surface area contributed by atoms with Crippen molar-refractivity contribution in [3.63, 3.8) is 0 Å². The third kappa shape index (κ3) is 3.00. The molecule has 1 unspecified atom stereocenters. The summed E-state index contributed by atoms with van der Waals surface area (Å²) in [6, 6.07) is 9.05. The van der Waals surface area contributed by atoms with E-state index in [1.54, 1.807) is 26.0 Å². The van der Waals surface area contributed by atoms with Crippen molar-refractivity contribution in [2.75, 3.05) is 11.9 Å². The number of para-hydroxylation sites is 1. The topological polar surface area (TPSA) is 78.9 Å². The molecule has 1 aromatic rings. The summed E-state index contributed by atoms with van der Waals surface area (Å²) in [7, 11) is 0. The number of nitrogens with one attached hydrogen (secondary N) is 1. The molecule has 1 atom stereocenters. The molecule has 2 amide bonds. The van der Waals surface area contributed by atoms with Crippen LogP contribution in [0.2, 0.25) is 0 Å². The number of cyclic esters (lactones) is 1. The Kier molecular flexibility index (Phi) is 3.91. The molecule has 0 saturated carbocycles. The molecule has 0 bridgehead atoms. The molecule has 1 heterocycles. The van der Waals surface area contributed by atoms with Gasteiger partial charge in [-0.1, -0.05) is 18.2 Å². The van der Waals surface area contributed by atoms with Crippen LogP contribution in [0.15, 0.2) is 30.3 Å². The zero-order valence-corrected chi connectivity index (χ0v) is 12.4. The molecule has 1 fully saturated rings. The third-order valence-electron chi connectivity index (χ3n) is 3.85. The Balaban J connectivity index is 1.94. The quantitative estimate of drug-likeness (QED) is 0.889. The number of amides is 2. The minimum atomic E-state index is -1.45. The first-order chi connectivity index (χ1) is 9.74. The van der Waals surface area contributed by atoms with Crippen LogP contribution in [-0.2, 0) is 9.53 Å². The van der Waals surface area contributed by atoms with Gasteiger partial charge in [0, 0.05) is 18.7 Å². The maximum absolute atomic E-state index is 11.9. The average Bonchev–Trinajstić information content (AvgIpc) is 2.53. The lowest BCUT2D eigenvalue weighted by Gasteiger charge is -2.34. The van der Waals surface area contributed by atoms with Gasteiger partial charge in [-0.05, 0) is 32.9 Å². The van der Waals surface area contributed by atoms with E-state index in [2.05, 4.69) is 5.32 Å². The molecule has 2 N–H and O–H groups in total. The number of rotatable bonds is 4. The number of benzene rings is 1. The highest BCUT2D eigenvalue weighted by molar-refractivity contribution is 5.91. The minimum absolute atomic E-state index is 0.0796. The Bertz CT molecular complexity index is 540. The predicted molar refractivity (Wildman–Crippen MR) is 77.6 cm³/mol. The largest absolute Gasteiger partial charge is 0.438 e. The lowest BCUT2D eigenvalue weighted by Crippen LogP contribution is -2.54. The SMILES string of the molecule is CC1(C)OC(=O)N(CCC(=O)Nc2ccccc2)C1(C)O. The van der Waals surface area contributed by atoms with Crippen molar-refractivity contribution in [1.29, 1.82) is 0 Å². The molecule has 114 valence electrons. The molecule has 0 aromatic heterocycles. The Morgan fingerprint density at radius 3 is 2.43 bits per heavy atom. The Morgan fingerprint density at radius 2 is 1.90 bits per heavy atom. The highest BCUT2D eigenvalue weighted by atomic mass is 16.6. The summed E-state index contributed by atoms with van der Waals surface area (Å²) in [5, 5.41) is 13.1. The minimum Gasteiger partial charge on any atom is -0.438 e. The van der Waals surface area contributed by atoms with Crippen LogP contribution in [0, 0.1) is 0 Å². The molecule has 6 nitrogen and oxygen atoms in total. The second kappa shape index (κ2) is 5.37. The lowest BCUT2D eigenvalue weighted by atomic mass is 9.96. The van der Waals surface area contributed by atoms with E-state index in [-0.39, 0.29) is 18.9 Å². The van der Waals surface area contributed by atoms with Crippen LogP contribution in [-0.4, -0.2) is 39.9 Å². The van der Waals surface area contributed by atoms with Crippen molar-refractivity contribution < 1.29 is 19.4 Å². The van der Waals surface area contributed by atoms with Crippen molar-refractivity contribution >= 4 is 17.7 Å². The second-order valence-electron chi connectivity index (χ2n) is 5.71. The summed E-state index contributed by atoms with van der Waals surface area (Å²) in [5.74, 6) is -0.227. The monoisotopic (exact) mass is 292 g/mol. The van der Waals surface area contributed by atoms with E-state index in [1.807, 2.05) is 18.2 Å². The van der Waals surface area contributed by atoms with E-state index in [0.717, 1.165) is 0 Å². The molecule has 1 aliphatic rings. The zero-order valence-electron chi connectivity index (χ0n) is 12.4. The summed E-state index contributed by atoms with van der Waals surface area (Å²) in [4.78, 5) is 24.8. The first-order valence-electron chi connectivity index (χ1n) is 6.82. The van der Waals surface area contributed by atoms with Crippen molar-refractivity contribution in [1.82, 2.24) is 4.90 Å². The van der Waals surface area contributed by atoms with Crippen molar-refractivity contribution in [3.05, 3.63) is 30.3 Å². The zero-order chi connectivity index (χ0) is 15.7. The van der Waals surface area contributed by atoms with E-state index < -0.39 is 17.4 Å². The van der Waals surface area contributed by atoms with Gasteiger partial charge in [0.15, 0.2) is 11.3 Å². The fourth-order valence-corrected chi connectivity index (χ4v) is 2.14. The van der Waals surface area contributed by atoms with Gasteiger partial charge >= 0.3 is 6.09 Å². The van der Waals surface area contributed by atoms with Crippen LogP contribution < -0.4 is 5.32 Å². The molecule has 0 aliphatic carbocycles. The first-order valence-corrected chi connectivity index (χ1v) is 6.82. The Hall–Kier alpha value is -2.08. The highest BCUT2D eigenvalue weighted by Gasteiger charge is 2.56. The molecule has 1 aromatic carbocycles. The maximum atomic E-state index is 11.9. The van der Waals surface area contributed by atoms with Gasteiger partial charge in [0.1, 0.15) is 0 Å². The van der Waals surface area contributed by atoms with Crippen LogP contribution >= 0.6 is 0 Å². The lowest BCUT2D eigenvalue weighted by molar-refractivity contribution is -0.130. The summed E-state index contributed by atoms with van der Waals surface area (Å²) in [6.45, 7) is 4.87. The summed E-state index contributed by atoms with van der Waals surface area (Å²) < 4.78 is 5.13. The number of ether oxygens (including phenoxy) is 1. The molecular formula is C15H20N2O4. The maximum Gasteiger partial charge on any atom is 0.412 e. The molecule has 0 radical (unpaired) electrons. The van der Waals surface area contributed by atoms with Gasteiger partial charge in [-0.2, -0.15) is 0 Å². The number of anilines is 1. The van der Waals surface area contributed by atoms with Crippen molar-refractivity contribution in [3.8, 4) is 0 Å². The van der Waals surface area contributed by atoms with Crippen LogP contribution in [0.3, 0.4) is 0 Å². The standard InChI is InChI=1S/C15H20N2O4/c1-14(2)15(3,20)17(13(19)21-14)10-9-12(18)16-11-7-5-4-6-8-11/h4-8,20H,9-10H2,1-3H3,(H,16,18). The molecule has 1 aliphatic heterocycles. The van der Waals surface area contributed by atoms with E-state index in [1.165, 1.54) is 11.8 Å². The van der Waals surface area contributed by atoms with Crippen molar-refractivity contribution in [2.45, 2.75) is 38.5 Å². The second-order valence-corrected chi connectivity index (χ2v) is 5.71.